The highest BCUT2D eigenvalue weighted by Crippen LogP contribution is 2.52. The van der Waals surface area contributed by atoms with E-state index in [1.54, 1.807) is 23.1 Å². The summed E-state index contributed by atoms with van der Waals surface area (Å²) in [5, 5.41) is 5.06. The van der Waals surface area contributed by atoms with E-state index in [9.17, 15) is 14.4 Å². The van der Waals surface area contributed by atoms with E-state index in [4.69, 9.17) is 0 Å². The second-order valence-corrected chi connectivity index (χ2v) is 9.75. The predicted molar refractivity (Wildman–Crippen MR) is 122 cm³/mol. The van der Waals surface area contributed by atoms with E-state index in [1.165, 1.54) is 12.5 Å². The van der Waals surface area contributed by atoms with Gasteiger partial charge in [-0.25, -0.2) is 0 Å². The monoisotopic (exact) mass is 442 g/mol. The molecular weight excluding hydrogens is 416 g/mol. The van der Waals surface area contributed by atoms with Crippen molar-refractivity contribution in [3.8, 4) is 0 Å². The Kier molecular flexibility index (Phi) is 4.67. The van der Waals surface area contributed by atoms with E-state index in [0.29, 0.717) is 40.8 Å². The van der Waals surface area contributed by atoms with Crippen molar-refractivity contribution in [2.24, 2.45) is 11.8 Å². The van der Waals surface area contributed by atoms with Crippen LogP contribution in [0.1, 0.15) is 54.6 Å². The Morgan fingerprint density at radius 1 is 1.06 bits per heavy atom. The van der Waals surface area contributed by atoms with Crippen molar-refractivity contribution in [3.05, 3.63) is 60.0 Å². The lowest BCUT2D eigenvalue weighted by atomic mass is 10.00. The summed E-state index contributed by atoms with van der Waals surface area (Å²) in [6, 6.07) is 12.0. The standard InChI is InChI=1S/C26H26N4O3/c1-15(31)26-20-13-27-8-7-21(20)29(28-26)14-25(33)30-22-10-18(22)11-23(30)24(32)12-17-9-19(17)16-5-3-2-4-6-16/h2-8,13,17-19,22-23H,9-12,14H2,1H3/t17-,18+,19-,22+,23-/m0/s1. The van der Waals surface area contributed by atoms with Gasteiger partial charge in [0.2, 0.25) is 5.91 Å². The number of amides is 1. The van der Waals surface area contributed by atoms with Crippen LogP contribution in [0.5, 0.6) is 0 Å². The Morgan fingerprint density at radius 3 is 2.67 bits per heavy atom. The lowest BCUT2D eigenvalue weighted by molar-refractivity contribution is -0.139. The molecule has 1 aromatic carbocycles. The minimum atomic E-state index is -0.325. The Balaban J connectivity index is 1.18. The highest BCUT2D eigenvalue weighted by atomic mass is 16.2. The van der Waals surface area contributed by atoms with Crippen LogP contribution in [0.4, 0.5) is 0 Å². The van der Waals surface area contributed by atoms with Crippen LogP contribution in [0.15, 0.2) is 48.8 Å². The first-order valence-corrected chi connectivity index (χ1v) is 11.7. The molecule has 0 bridgehead atoms. The maximum absolute atomic E-state index is 13.4. The van der Waals surface area contributed by atoms with Crippen molar-refractivity contribution in [2.45, 2.75) is 57.2 Å². The van der Waals surface area contributed by atoms with Gasteiger partial charge in [0.05, 0.1) is 11.6 Å². The minimum Gasteiger partial charge on any atom is -0.328 e. The maximum atomic E-state index is 13.4. The number of hydrogen-bond acceptors (Lipinski definition) is 5. The molecule has 3 fully saturated rings. The molecule has 3 heterocycles. The van der Waals surface area contributed by atoms with Gasteiger partial charge < -0.3 is 4.90 Å². The minimum absolute atomic E-state index is 0.0247. The van der Waals surface area contributed by atoms with Crippen molar-refractivity contribution in [1.82, 2.24) is 19.7 Å². The van der Waals surface area contributed by atoms with Gasteiger partial charge in [0.1, 0.15) is 12.2 Å². The van der Waals surface area contributed by atoms with Gasteiger partial charge in [-0.05, 0) is 48.6 Å². The fraction of sp³-hybridized carbons (Fsp3) is 0.423. The van der Waals surface area contributed by atoms with Crippen molar-refractivity contribution in [2.75, 3.05) is 0 Å². The number of fused-ring (bicyclic) bond motifs is 2. The number of rotatable bonds is 7. The number of Topliss-reactive ketones (excluding diaryl/α,β-unsaturated/α-hetero) is 2. The fourth-order valence-electron chi connectivity index (χ4n) is 5.69. The smallest absolute Gasteiger partial charge is 0.245 e. The van der Waals surface area contributed by atoms with Crippen molar-refractivity contribution in [1.29, 1.82) is 0 Å². The molecule has 1 aliphatic heterocycles. The number of benzene rings is 1. The molecule has 168 valence electrons. The van der Waals surface area contributed by atoms with E-state index in [1.807, 2.05) is 23.1 Å². The first-order chi connectivity index (χ1) is 16.0. The Morgan fingerprint density at radius 2 is 1.88 bits per heavy atom. The molecule has 7 heteroatoms. The van der Waals surface area contributed by atoms with Crippen molar-refractivity contribution >= 4 is 28.4 Å². The van der Waals surface area contributed by atoms with Gasteiger partial charge in [-0.3, -0.25) is 24.0 Å². The maximum Gasteiger partial charge on any atom is 0.245 e. The fourth-order valence-corrected chi connectivity index (χ4v) is 5.69. The third-order valence-corrected chi connectivity index (χ3v) is 7.55. The summed E-state index contributed by atoms with van der Waals surface area (Å²) in [4.78, 5) is 44.6. The zero-order chi connectivity index (χ0) is 22.7. The van der Waals surface area contributed by atoms with Crippen molar-refractivity contribution < 1.29 is 14.4 Å². The number of nitrogens with zero attached hydrogens (tertiary/aromatic N) is 4. The number of likely N-dealkylation sites (tertiary alicyclic amines) is 1. The van der Waals surface area contributed by atoms with E-state index >= 15 is 0 Å². The molecule has 0 unspecified atom stereocenters. The molecule has 2 saturated carbocycles. The van der Waals surface area contributed by atoms with Crippen LogP contribution >= 0.6 is 0 Å². The largest absolute Gasteiger partial charge is 0.328 e. The number of ketones is 2. The van der Waals surface area contributed by atoms with Crippen LogP contribution in [0.3, 0.4) is 0 Å². The molecule has 3 aliphatic rings. The predicted octanol–water partition coefficient (Wildman–Crippen LogP) is 3.39. The highest BCUT2D eigenvalue weighted by Gasteiger charge is 2.56. The summed E-state index contributed by atoms with van der Waals surface area (Å²) in [7, 11) is 0. The molecule has 0 spiro atoms. The number of hydrogen-bond donors (Lipinski definition) is 0. The molecule has 0 N–H and O–H groups in total. The van der Waals surface area contributed by atoms with E-state index in [-0.39, 0.29) is 36.1 Å². The van der Waals surface area contributed by atoms with E-state index in [0.717, 1.165) is 19.3 Å². The summed E-state index contributed by atoms with van der Waals surface area (Å²) in [5.74, 6) is 1.23. The van der Waals surface area contributed by atoms with Gasteiger partial charge in [-0.15, -0.1) is 0 Å². The third-order valence-electron chi connectivity index (χ3n) is 7.55. The average Bonchev–Trinajstić information content (AvgIpc) is 3.70. The molecule has 7 nitrogen and oxygen atoms in total. The van der Waals surface area contributed by atoms with Gasteiger partial charge >= 0.3 is 0 Å². The van der Waals surface area contributed by atoms with Crippen molar-refractivity contribution in [3.63, 3.8) is 0 Å². The number of carbonyl (C=O) groups excluding carboxylic acids is 3. The van der Waals surface area contributed by atoms with Crippen LogP contribution in [0.2, 0.25) is 0 Å². The molecule has 1 amide bonds. The summed E-state index contributed by atoms with van der Waals surface area (Å²) < 4.78 is 1.58. The first kappa shape index (κ1) is 20.3. The molecule has 33 heavy (non-hydrogen) atoms. The Bertz CT molecular complexity index is 1270. The van der Waals surface area contributed by atoms with Crippen LogP contribution in [0, 0.1) is 11.8 Å². The van der Waals surface area contributed by atoms with Crippen LogP contribution < -0.4 is 0 Å². The molecule has 6 rings (SSSR count). The summed E-state index contributed by atoms with van der Waals surface area (Å²) in [5.41, 5.74) is 2.34. The van der Waals surface area contributed by atoms with Gasteiger partial charge in [-0.2, -0.15) is 5.10 Å². The van der Waals surface area contributed by atoms with E-state index in [2.05, 4.69) is 22.2 Å². The third kappa shape index (κ3) is 3.56. The average molecular weight is 443 g/mol. The second-order valence-electron chi connectivity index (χ2n) is 9.75. The van der Waals surface area contributed by atoms with E-state index < -0.39 is 0 Å². The highest BCUT2D eigenvalue weighted by molar-refractivity contribution is 6.04. The van der Waals surface area contributed by atoms with Gasteiger partial charge in [0.15, 0.2) is 11.6 Å². The topological polar surface area (TPSA) is 85.2 Å². The second kappa shape index (κ2) is 7.61. The van der Waals surface area contributed by atoms with Crippen LogP contribution in [-0.2, 0) is 16.1 Å². The summed E-state index contributed by atoms with van der Waals surface area (Å²) in [6.07, 6.45) is 6.59. The summed E-state index contributed by atoms with van der Waals surface area (Å²) in [6.45, 7) is 1.49. The number of pyridine rings is 1. The van der Waals surface area contributed by atoms with Crippen LogP contribution in [0.25, 0.3) is 10.9 Å². The molecule has 2 aromatic heterocycles. The molecule has 5 atom stereocenters. The van der Waals surface area contributed by atoms with Crippen LogP contribution in [-0.4, -0.2) is 49.2 Å². The number of piperidine rings is 1. The zero-order valence-corrected chi connectivity index (χ0v) is 18.6. The Hall–Kier alpha value is -3.35. The molecule has 0 radical (unpaired) electrons. The lowest BCUT2D eigenvalue weighted by Crippen LogP contribution is -2.44. The van der Waals surface area contributed by atoms with Gasteiger partial charge in [0, 0.05) is 37.2 Å². The molecular formula is C26H26N4O3. The number of carbonyl (C=O) groups is 3. The number of aromatic nitrogens is 3. The summed E-state index contributed by atoms with van der Waals surface area (Å²) >= 11 is 0. The first-order valence-electron chi connectivity index (χ1n) is 11.7. The van der Waals surface area contributed by atoms with Gasteiger partial charge in [-0.1, -0.05) is 30.3 Å². The molecule has 3 aromatic rings. The SMILES string of the molecule is CC(=O)c1nn(CC(=O)N2[C@@H]3C[C@@H]3C[C@H]2C(=O)C[C@@H]2C[C@H]2c2ccccc2)c2ccncc12. The van der Waals surface area contributed by atoms with Gasteiger partial charge in [0.25, 0.3) is 0 Å². The Labute approximate surface area is 191 Å². The quantitative estimate of drug-likeness (QED) is 0.524. The zero-order valence-electron chi connectivity index (χ0n) is 18.6. The normalized spacial score (nSPS) is 27.4. The lowest BCUT2D eigenvalue weighted by Gasteiger charge is -2.27. The molecule has 1 saturated heterocycles. The molecule has 2 aliphatic carbocycles.